The molecular formula is C23H35N7O2. The number of rotatable bonds is 10. The summed E-state index contributed by atoms with van der Waals surface area (Å²) in [6, 6.07) is 10.8. The highest BCUT2D eigenvalue weighted by Crippen LogP contribution is 2.24. The van der Waals surface area contributed by atoms with E-state index in [2.05, 4.69) is 54.9 Å². The molecule has 0 radical (unpaired) electrons. The van der Waals surface area contributed by atoms with Crippen LogP contribution in [0.2, 0.25) is 0 Å². The minimum absolute atomic E-state index is 0.0887. The number of nitrogens with zero attached hydrogens (tertiary/aromatic N) is 6. The summed E-state index contributed by atoms with van der Waals surface area (Å²) in [5.74, 6) is 0.937. The molecule has 0 bridgehead atoms. The van der Waals surface area contributed by atoms with Crippen LogP contribution in [-0.4, -0.2) is 81.9 Å². The van der Waals surface area contributed by atoms with Crippen molar-refractivity contribution < 1.29 is 9.53 Å². The molecule has 0 unspecified atom stereocenters. The van der Waals surface area contributed by atoms with Gasteiger partial charge in [0.1, 0.15) is 0 Å². The Morgan fingerprint density at radius 3 is 2.62 bits per heavy atom. The molecule has 1 N–H and O–H groups in total. The number of morpholine rings is 1. The van der Waals surface area contributed by atoms with Gasteiger partial charge >= 0.3 is 0 Å². The van der Waals surface area contributed by atoms with E-state index in [4.69, 9.17) is 4.74 Å². The molecule has 4 rings (SSSR count). The van der Waals surface area contributed by atoms with Gasteiger partial charge in [0.2, 0.25) is 5.91 Å². The van der Waals surface area contributed by atoms with E-state index in [0.717, 1.165) is 51.8 Å². The maximum absolute atomic E-state index is 12.6. The highest BCUT2D eigenvalue weighted by Gasteiger charge is 2.22. The van der Waals surface area contributed by atoms with E-state index in [-0.39, 0.29) is 11.9 Å². The maximum atomic E-state index is 12.6. The van der Waals surface area contributed by atoms with Crippen molar-refractivity contribution >= 4 is 5.91 Å². The second kappa shape index (κ2) is 12.0. The van der Waals surface area contributed by atoms with Crippen LogP contribution in [-0.2, 0) is 22.6 Å². The number of piperidine rings is 1. The molecule has 1 atom stereocenters. The van der Waals surface area contributed by atoms with Crippen LogP contribution in [0.15, 0.2) is 30.3 Å². The number of benzene rings is 1. The fourth-order valence-corrected chi connectivity index (χ4v) is 4.52. The summed E-state index contributed by atoms with van der Waals surface area (Å²) in [6.07, 6.45) is 4.95. The molecule has 2 saturated heterocycles. The van der Waals surface area contributed by atoms with Gasteiger partial charge in [0.05, 0.1) is 25.8 Å². The topological polar surface area (TPSA) is 88.4 Å². The Labute approximate surface area is 190 Å². The largest absolute Gasteiger partial charge is 0.379 e. The first-order valence-electron chi connectivity index (χ1n) is 11.9. The number of amides is 1. The molecule has 9 heteroatoms. The molecule has 0 spiro atoms. The van der Waals surface area contributed by atoms with Gasteiger partial charge in [-0.25, -0.2) is 4.68 Å². The zero-order valence-corrected chi connectivity index (χ0v) is 18.9. The Bertz CT molecular complexity index is 817. The van der Waals surface area contributed by atoms with Crippen molar-refractivity contribution in [2.45, 2.75) is 51.2 Å². The standard InChI is InChI=1S/C23H35N7O2/c31-23(10-7-13-30-22(25-26-27-30)19-28-14-16-32-17-15-28)24-18-21(20-8-3-1-4-9-20)29-11-5-2-6-12-29/h1,3-4,8-9,21H,2,5-7,10-19H2,(H,24,31)/t21-/m1/s1. The minimum atomic E-state index is 0.0887. The fraction of sp³-hybridized carbons (Fsp3) is 0.652. The van der Waals surface area contributed by atoms with E-state index >= 15 is 0 Å². The molecule has 1 amide bonds. The smallest absolute Gasteiger partial charge is 0.220 e. The predicted octanol–water partition coefficient (Wildman–Crippen LogP) is 1.63. The fourth-order valence-electron chi connectivity index (χ4n) is 4.52. The van der Waals surface area contributed by atoms with Crippen molar-refractivity contribution in [2.75, 3.05) is 45.9 Å². The summed E-state index contributed by atoms with van der Waals surface area (Å²) >= 11 is 0. The monoisotopic (exact) mass is 441 g/mol. The first-order chi connectivity index (χ1) is 15.8. The molecule has 3 heterocycles. The molecule has 1 aromatic heterocycles. The summed E-state index contributed by atoms with van der Waals surface area (Å²) < 4.78 is 7.22. The molecule has 1 aromatic carbocycles. The molecule has 2 aromatic rings. The normalized spacial score (nSPS) is 19.0. The Hall–Kier alpha value is -2.36. The van der Waals surface area contributed by atoms with Gasteiger partial charge in [-0.3, -0.25) is 14.6 Å². The number of hydrogen-bond donors (Lipinski definition) is 1. The third-order valence-electron chi connectivity index (χ3n) is 6.36. The summed E-state index contributed by atoms with van der Waals surface area (Å²) in [5.41, 5.74) is 1.27. The molecule has 0 saturated carbocycles. The summed E-state index contributed by atoms with van der Waals surface area (Å²) in [6.45, 7) is 7.51. The van der Waals surface area contributed by atoms with Gasteiger partial charge in [-0.2, -0.15) is 0 Å². The van der Waals surface area contributed by atoms with Crippen molar-refractivity contribution in [1.82, 2.24) is 35.3 Å². The summed E-state index contributed by atoms with van der Waals surface area (Å²) in [4.78, 5) is 17.4. The average Bonchev–Trinajstić information content (AvgIpc) is 3.28. The predicted molar refractivity (Wildman–Crippen MR) is 121 cm³/mol. The molecule has 32 heavy (non-hydrogen) atoms. The van der Waals surface area contributed by atoms with E-state index in [1.165, 1.54) is 24.8 Å². The van der Waals surface area contributed by atoms with Crippen LogP contribution in [0.4, 0.5) is 0 Å². The number of carbonyl (C=O) groups is 1. The lowest BCUT2D eigenvalue weighted by atomic mass is 10.0. The van der Waals surface area contributed by atoms with Crippen LogP contribution >= 0.6 is 0 Å². The van der Waals surface area contributed by atoms with Gasteiger partial charge in [0, 0.05) is 32.6 Å². The van der Waals surface area contributed by atoms with Crippen LogP contribution in [0.1, 0.15) is 49.5 Å². The second-order valence-corrected chi connectivity index (χ2v) is 8.64. The van der Waals surface area contributed by atoms with Crippen LogP contribution < -0.4 is 5.32 Å². The van der Waals surface area contributed by atoms with Crippen molar-refractivity contribution in [3.8, 4) is 0 Å². The lowest BCUT2D eigenvalue weighted by molar-refractivity contribution is -0.121. The minimum Gasteiger partial charge on any atom is -0.379 e. The second-order valence-electron chi connectivity index (χ2n) is 8.64. The van der Waals surface area contributed by atoms with Gasteiger partial charge in [-0.05, 0) is 48.3 Å². The Morgan fingerprint density at radius 1 is 1.06 bits per heavy atom. The molecule has 9 nitrogen and oxygen atoms in total. The van der Waals surface area contributed by atoms with Crippen LogP contribution in [0.5, 0.6) is 0 Å². The number of aryl methyl sites for hydroxylation is 1. The summed E-state index contributed by atoms with van der Waals surface area (Å²) in [7, 11) is 0. The number of aromatic nitrogens is 4. The number of ether oxygens (including phenoxy) is 1. The third-order valence-corrected chi connectivity index (χ3v) is 6.36. The van der Waals surface area contributed by atoms with Crippen molar-refractivity contribution in [3.63, 3.8) is 0 Å². The van der Waals surface area contributed by atoms with Gasteiger partial charge in [-0.1, -0.05) is 36.8 Å². The van der Waals surface area contributed by atoms with E-state index < -0.39 is 0 Å². The van der Waals surface area contributed by atoms with Crippen molar-refractivity contribution in [3.05, 3.63) is 41.7 Å². The lowest BCUT2D eigenvalue weighted by Crippen LogP contribution is -2.40. The van der Waals surface area contributed by atoms with Crippen LogP contribution in [0.25, 0.3) is 0 Å². The van der Waals surface area contributed by atoms with Gasteiger partial charge in [-0.15, -0.1) is 5.10 Å². The number of tetrazole rings is 1. The molecule has 2 aliphatic heterocycles. The first-order valence-corrected chi connectivity index (χ1v) is 11.9. The highest BCUT2D eigenvalue weighted by atomic mass is 16.5. The van der Waals surface area contributed by atoms with E-state index in [0.29, 0.717) is 25.9 Å². The molecule has 0 aliphatic carbocycles. The van der Waals surface area contributed by atoms with Crippen molar-refractivity contribution in [1.29, 1.82) is 0 Å². The first kappa shape index (κ1) is 22.8. The molecule has 2 fully saturated rings. The number of carbonyl (C=O) groups excluding carboxylic acids is 1. The Balaban J connectivity index is 1.23. The highest BCUT2D eigenvalue weighted by molar-refractivity contribution is 5.75. The maximum Gasteiger partial charge on any atom is 0.220 e. The lowest BCUT2D eigenvalue weighted by Gasteiger charge is -2.35. The number of nitrogens with one attached hydrogen (secondary N) is 1. The number of hydrogen-bond acceptors (Lipinski definition) is 7. The Morgan fingerprint density at radius 2 is 1.84 bits per heavy atom. The summed E-state index contributed by atoms with van der Waals surface area (Å²) in [5, 5.41) is 15.3. The molecule has 2 aliphatic rings. The van der Waals surface area contributed by atoms with Crippen LogP contribution in [0.3, 0.4) is 0 Å². The molecule has 174 valence electrons. The van der Waals surface area contributed by atoms with E-state index in [1.807, 2.05) is 10.7 Å². The van der Waals surface area contributed by atoms with Gasteiger partial charge in [0.25, 0.3) is 0 Å². The van der Waals surface area contributed by atoms with Crippen LogP contribution in [0, 0.1) is 0 Å². The zero-order valence-electron chi connectivity index (χ0n) is 18.9. The van der Waals surface area contributed by atoms with Gasteiger partial charge < -0.3 is 10.1 Å². The average molecular weight is 442 g/mol. The Kier molecular flexibility index (Phi) is 8.58. The van der Waals surface area contributed by atoms with E-state index in [1.54, 1.807) is 0 Å². The SMILES string of the molecule is O=C(CCCn1nnnc1CN1CCOCC1)NC[C@H](c1ccccc1)N1CCCCC1. The van der Waals surface area contributed by atoms with E-state index in [9.17, 15) is 4.79 Å². The molecular weight excluding hydrogens is 406 g/mol. The zero-order chi connectivity index (χ0) is 22.0. The van der Waals surface area contributed by atoms with Crippen molar-refractivity contribution in [2.24, 2.45) is 0 Å². The third kappa shape index (κ3) is 6.57. The van der Waals surface area contributed by atoms with Gasteiger partial charge in [0.15, 0.2) is 5.82 Å². The number of likely N-dealkylation sites (tertiary alicyclic amines) is 1. The quantitative estimate of drug-likeness (QED) is 0.599.